The van der Waals surface area contributed by atoms with Crippen molar-refractivity contribution >= 4 is 18.3 Å². The summed E-state index contributed by atoms with van der Waals surface area (Å²) in [6.45, 7) is 1.60. The highest BCUT2D eigenvalue weighted by Gasteiger charge is 2.33. The lowest BCUT2D eigenvalue weighted by Gasteiger charge is -2.29. The Morgan fingerprint density at radius 1 is 1.31 bits per heavy atom. The first-order valence-corrected chi connectivity index (χ1v) is 4.77. The number of carbonyl (C=O) groups is 1. The molecule has 0 radical (unpaired) electrons. The molecule has 2 rings (SSSR count). The molecular weight excluding hydrogens is 188 g/mol. The maximum atomic E-state index is 10.8. The number of rotatable bonds is 1. The van der Waals surface area contributed by atoms with E-state index in [1.54, 1.807) is 6.92 Å². The summed E-state index contributed by atoms with van der Waals surface area (Å²) >= 11 is 0. The summed E-state index contributed by atoms with van der Waals surface area (Å²) in [5.74, 6) is 0.112. The number of carbonyl (C=O) groups excluding carboxylic acids is 1. The molecule has 1 amide bonds. The summed E-state index contributed by atoms with van der Waals surface area (Å²) in [6.07, 6.45) is 4.83. The molecule has 2 N–H and O–H groups in total. The smallest absolute Gasteiger partial charge is 0.217 e. The second-order valence-electron chi connectivity index (χ2n) is 4.01. The van der Waals surface area contributed by atoms with E-state index in [1.165, 1.54) is 12.8 Å². The van der Waals surface area contributed by atoms with Crippen molar-refractivity contribution in [3.8, 4) is 0 Å². The monoisotopic (exact) mass is 204 g/mol. The van der Waals surface area contributed by atoms with E-state index in [1.807, 2.05) is 0 Å². The molecular formula is C9H17ClN2O. The third-order valence-electron chi connectivity index (χ3n) is 2.88. The molecule has 2 bridgehead atoms. The molecule has 2 aliphatic heterocycles. The first-order chi connectivity index (χ1) is 5.74. The number of piperidine rings is 1. The largest absolute Gasteiger partial charge is 0.353 e. The van der Waals surface area contributed by atoms with E-state index in [9.17, 15) is 4.79 Å². The highest BCUT2D eigenvalue weighted by Crippen LogP contribution is 2.26. The molecule has 13 heavy (non-hydrogen) atoms. The van der Waals surface area contributed by atoms with Crippen LogP contribution < -0.4 is 10.6 Å². The molecule has 4 heteroatoms. The van der Waals surface area contributed by atoms with Gasteiger partial charge < -0.3 is 10.6 Å². The number of hydrogen-bond acceptors (Lipinski definition) is 2. The van der Waals surface area contributed by atoms with Gasteiger partial charge in [-0.25, -0.2) is 0 Å². The van der Waals surface area contributed by atoms with Gasteiger partial charge in [0.15, 0.2) is 0 Å². The fourth-order valence-corrected chi connectivity index (χ4v) is 2.46. The topological polar surface area (TPSA) is 41.1 Å². The van der Waals surface area contributed by atoms with Crippen LogP contribution in [0.5, 0.6) is 0 Å². The van der Waals surface area contributed by atoms with Crippen LogP contribution in [0.15, 0.2) is 0 Å². The number of amides is 1. The highest BCUT2D eigenvalue weighted by molar-refractivity contribution is 5.85. The highest BCUT2D eigenvalue weighted by atomic mass is 35.5. The number of fused-ring (bicyclic) bond motifs is 2. The zero-order chi connectivity index (χ0) is 8.55. The summed E-state index contributed by atoms with van der Waals surface area (Å²) < 4.78 is 0. The van der Waals surface area contributed by atoms with E-state index >= 15 is 0 Å². The van der Waals surface area contributed by atoms with Crippen LogP contribution in [0.25, 0.3) is 0 Å². The average molecular weight is 205 g/mol. The quantitative estimate of drug-likeness (QED) is 0.665. The molecule has 2 saturated heterocycles. The third-order valence-corrected chi connectivity index (χ3v) is 2.88. The second-order valence-corrected chi connectivity index (χ2v) is 4.01. The molecule has 3 atom stereocenters. The van der Waals surface area contributed by atoms with Crippen LogP contribution >= 0.6 is 12.4 Å². The standard InChI is InChI=1S/C9H16N2O.ClH/c1-6(12)10-9-4-7-2-3-8(5-9)11-7;/h7-9,11H,2-5H2,1H3,(H,10,12);1H/t7-,8+,9?;. The summed E-state index contributed by atoms with van der Waals surface area (Å²) in [5, 5.41) is 6.55. The van der Waals surface area contributed by atoms with Crippen molar-refractivity contribution < 1.29 is 4.79 Å². The minimum atomic E-state index is 0. The first kappa shape index (κ1) is 10.8. The Bertz CT molecular complexity index is 186. The molecule has 0 aromatic rings. The lowest BCUT2D eigenvalue weighted by atomic mass is 10.00. The van der Waals surface area contributed by atoms with Crippen LogP contribution in [0.3, 0.4) is 0 Å². The second kappa shape index (κ2) is 4.29. The van der Waals surface area contributed by atoms with Crippen molar-refractivity contribution in [3.05, 3.63) is 0 Å². The molecule has 0 saturated carbocycles. The third kappa shape index (κ3) is 2.58. The van der Waals surface area contributed by atoms with Gasteiger partial charge in [0.2, 0.25) is 5.91 Å². The van der Waals surface area contributed by atoms with E-state index in [-0.39, 0.29) is 18.3 Å². The molecule has 1 unspecified atom stereocenters. The predicted octanol–water partition coefficient (Wildman–Crippen LogP) is 0.827. The van der Waals surface area contributed by atoms with Crippen molar-refractivity contribution in [2.45, 2.75) is 50.7 Å². The number of hydrogen-bond donors (Lipinski definition) is 2. The Kier molecular flexibility index (Phi) is 3.56. The number of nitrogens with one attached hydrogen (secondary N) is 2. The van der Waals surface area contributed by atoms with Crippen molar-refractivity contribution in [1.82, 2.24) is 10.6 Å². The van der Waals surface area contributed by atoms with Gasteiger partial charge in [-0.2, -0.15) is 0 Å². The Labute approximate surface area is 85.1 Å². The SMILES string of the molecule is CC(=O)NC1C[C@H]2CC[C@@H](C1)N2.Cl. The minimum absolute atomic E-state index is 0. The molecule has 0 spiro atoms. The Morgan fingerprint density at radius 2 is 1.85 bits per heavy atom. The van der Waals surface area contributed by atoms with Crippen molar-refractivity contribution in [2.75, 3.05) is 0 Å². The van der Waals surface area contributed by atoms with Gasteiger partial charge in [0.1, 0.15) is 0 Å². The van der Waals surface area contributed by atoms with Gasteiger partial charge in [-0.3, -0.25) is 4.79 Å². The summed E-state index contributed by atoms with van der Waals surface area (Å²) in [4.78, 5) is 10.8. The Morgan fingerprint density at radius 3 is 2.31 bits per heavy atom. The average Bonchev–Trinajstić information content (AvgIpc) is 2.29. The van der Waals surface area contributed by atoms with Crippen molar-refractivity contribution in [1.29, 1.82) is 0 Å². The van der Waals surface area contributed by atoms with Crippen molar-refractivity contribution in [3.63, 3.8) is 0 Å². The van der Waals surface area contributed by atoms with Crippen LogP contribution in [0.1, 0.15) is 32.6 Å². The van der Waals surface area contributed by atoms with Gasteiger partial charge in [-0.05, 0) is 25.7 Å². The van der Waals surface area contributed by atoms with Gasteiger partial charge >= 0.3 is 0 Å². The van der Waals surface area contributed by atoms with Crippen LogP contribution in [0.2, 0.25) is 0 Å². The molecule has 3 nitrogen and oxygen atoms in total. The molecule has 76 valence electrons. The van der Waals surface area contributed by atoms with Crippen molar-refractivity contribution in [2.24, 2.45) is 0 Å². The Balaban J connectivity index is 0.000000845. The zero-order valence-electron chi connectivity index (χ0n) is 7.88. The predicted molar refractivity (Wildman–Crippen MR) is 54.0 cm³/mol. The van der Waals surface area contributed by atoms with E-state index in [0.29, 0.717) is 18.1 Å². The zero-order valence-corrected chi connectivity index (χ0v) is 8.69. The van der Waals surface area contributed by atoms with E-state index in [0.717, 1.165) is 12.8 Å². The van der Waals surface area contributed by atoms with Crippen LogP contribution in [0, 0.1) is 0 Å². The normalized spacial score (nSPS) is 36.5. The molecule has 0 aliphatic carbocycles. The molecule has 2 aliphatic rings. The lowest BCUT2D eigenvalue weighted by molar-refractivity contribution is -0.119. The number of halogens is 1. The maximum absolute atomic E-state index is 10.8. The van der Waals surface area contributed by atoms with Crippen LogP contribution in [-0.4, -0.2) is 24.0 Å². The van der Waals surface area contributed by atoms with E-state index in [4.69, 9.17) is 0 Å². The first-order valence-electron chi connectivity index (χ1n) is 4.77. The summed E-state index contributed by atoms with van der Waals surface area (Å²) in [5.41, 5.74) is 0. The molecule has 0 aromatic heterocycles. The summed E-state index contributed by atoms with van der Waals surface area (Å²) in [6, 6.07) is 1.77. The van der Waals surface area contributed by atoms with Gasteiger partial charge in [-0.15, -0.1) is 12.4 Å². The van der Waals surface area contributed by atoms with E-state index < -0.39 is 0 Å². The van der Waals surface area contributed by atoms with Gasteiger partial charge in [-0.1, -0.05) is 0 Å². The summed E-state index contributed by atoms with van der Waals surface area (Å²) in [7, 11) is 0. The molecule has 2 fully saturated rings. The van der Waals surface area contributed by atoms with Crippen LogP contribution in [0.4, 0.5) is 0 Å². The molecule has 0 aromatic carbocycles. The fourth-order valence-electron chi connectivity index (χ4n) is 2.46. The minimum Gasteiger partial charge on any atom is -0.353 e. The molecule has 2 heterocycles. The van der Waals surface area contributed by atoms with E-state index in [2.05, 4.69) is 10.6 Å². The van der Waals surface area contributed by atoms with Gasteiger partial charge in [0, 0.05) is 25.0 Å². The fraction of sp³-hybridized carbons (Fsp3) is 0.889. The Hall–Kier alpha value is -0.280. The van der Waals surface area contributed by atoms with Crippen LogP contribution in [-0.2, 0) is 4.79 Å². The van der Waals surface area contributed by atoms with Gasteiger partial charge in [0.25, 0.3) is 0 Å². The maximum Gasteiger partial charge on any atom is 0.217 e. The lowest BCUT2D eigenvalue weighted by Crippen LogP contribution is -2.47. The van der Waals surface area contributed by atoms with Gasteiger partial charge in [0.05, 0.1) is 0 Å².